The fraction of sp³-hybridized carbons (Fsp3) is 0.222. The van der Waals surface area contributed by atoms with Gasteiger partial charge in [0.2, 0.25) is 6.10 Å². The minimum atomic E-state index is -0.833. The Morgan fingerprint density at radius 3 is 2.40 bits per heavy atom. The van der Waals surface area contributed by atoms with Crippen LogP contribution in [0.4, 0.5) is 5.69 Å². The number of thioether (sulfide) groups is 2. The Morgan fingerprint density at radius 1 is 1.09 bits per heavy atom. The highest BCUT2D eigenvalue weighted by Gasteiger charge is 2.32. The number of methoxy groups -OCH3 is 2. The summed E-state index contributed by atoms with van der Waals surface area (Å²) < 4.78 is 17.2. The van der Waals surface area contributed by atoms with Crippen LogP contribution in [0.2, 0.25) is 0 Å². The number of carbonyl (C=O) groups is 1. The maximum atomic E-state index is 13.5. The van der Waals surface area contributed by atoms with Gasteiger partial charge in [-0.05, 0) is 47.7 Å². The zero-order chi connectivity index (χ0) is 24.8. The van der Waals surface area contributed by atoms with Gasteiger partial charge in [0.05, 0.1) is 24.8 Å². The van der Waals surface area contributed by atoms with Crippen molar-refractivity contribution in [2.75, 3.05) is 25.3 Å². The second-order valence-corrected chi connectivity index (χ2v) is 10.1. The van der Waals surface area contributed by atoms with E-state index in [1.807, 2.05) is 60.7 Å². The molecule has 0 fully saturated rings. The molecule has 0 aliphatic carbocycles. The van der Waals surface area contributed by atoms with E-state index in [0.717, 1.165) is 32.4 Å². The molecule has 1 aliphatic heterocycles. The SMILES string of the molecule is C=Cc1ccc(OC(C(=O)NC2Nc3c(OC)ccc(OC)c3S2)c2ccc(SCC)cc2)cc1. The first-order valence-electron chi connectivity index (χ1n) is 11.2. The van der Waals surface area contributed by atoms with E-state index in [-0.39, 0.29) is 5.91 Å². The third kappa shape index (κ3) is 5.71. The molecule has 1 aliphatic rings. The summed E-state index contributed by atoms with van der Waals surface area (Å²) in [4.78, 5) is 15.6. The first kappa shape index (κ1) is 24.9. The van der Waals surface area contributed by atoms with Crippen LogP contribution in [0.5, 0.6) is 17.2 Å². The molecule has 0 saturated carbocycles. The topological polar surface area (TPSA) is 68.8 Å². The first-order valence-corrected chi connectivity index (χ1v) is 13.0. The molecular weight excluding hydrogens is 480 g/mol. The molecule has 2 unspecified atom stereocenters. The molecule has 4 rings (SSSR count). The number of rotatable bonds is 10. The Kier molecular flexibility index (Phi) is 8.15. The van der Waals surface area contributed by atoms with Crippen LogP contribution in [0, 0.1) is 0 Å². The standard InChI is InChI=1S/C27H28N2O4S2/c1-5-17-7-11-19(12-8-17)33-24(18-9-13-20(14-10-18)34-6-2)26(30)29-27-28-23-21(31-3)15-16-22(32-4)25(23)35-27/h5,7-16,24,27-28H,1,6H2,2-4H3,(H,29,30). The van der Waals surface area contributed by atoms with Crippen LogP contribution in [0.15, 0.2) is 77.0 Å². The highest BCUT2D eigenvalue weighted by molar-refractivity contribution is 8.00. The maximum Gasteiger partial charge on any atom is 0.268 e. The Bertz CT molecular complexity index is 1150. The van der Waals surface area contributed by atoms with E-state index in [1.54, 1.807) is 32.1 Å². The molecule has 3 aromatic carbocycles. The van der Waals surface area contributed by atoms with Gasteiger partial charge in [0.25, 0.3) is 5.91 Å². The number of hydrogen-bond donors (Lipinski definition) is 2. The highest BCUT2D eigenvalue weighted by Crippen LogP contribution is 2.48. The summed E-state index contributed by atoms with van der Waals surface area (Å²) in [5.41, 5.74) is 2.13. The summed E-state index contributed by atoms with van der Waals surface area (Å²) in [7, 11) is 3.24. The van der Waals surface area contributed by atoms with Gasteiger partial charge < -0.3 is 24.8 Å². The molecule has 0 bridgehead atoms. The van der Waals surface area contributed by atoms with Crippen molar-refractivity contribution in [3.63, 3.8) is 0 Å². The third-order valence-electron chi connectivity index (χ3n) is 5.41. The van der Waals surface area contributed by atoms with Crippen molar-refractivity contribution in [1.82, 2.24) is 5.32 Å². The first-order chi connectivity index (χ1) is 17.1. The van der Waals surface area contributed by atoms with Crippen molar-refractivity contribution >= 4 is 41.2 Å². The summed E-state index contributed by atoms with van der Waals surface area (Å²) in [6, 6.07) is 19.1. The largest absolute Gasteiger partial charge is 0.495 e. The molecule has 0 aromatic heterocycles. The van der Waals surface area contributed by atoms with Gasteiger partial charge in [-0.2, -0.15) is 0 Å². The molecule has 2 atom stereocenters. The van der Waals surface area contributed by atoms with Gasteiger partial charge in [0.15, 0.2) is 5.50 Å². The Morgan fingerprint density at radius 2 is 1.77 bits per heavy atom. The second-order valence-electron chi connectivity index (χ2n) is 7.60. The average Bonchev–Trinajstić information content (AvgIpc) is 3.31. The molecule has 0 spiro atoms. The average molecular weight is 509 g/mol. The molecular formula is C27H28N2O4S2. The summed E-state index contributed by atoms with van der Waals surface area (Å²) >= 11 is 3.21. The van der Waals surface area contributed by atoms with Gasteiger partial charge in [-0.1, -0.05) is 55.6 Å². The minimum Gasteiger partial charge on any atom is -0.495 e. The highest BCUT2D eigenvalue weighted by atomic mass is 32.2. The van der Waals surface area contributed by atoms with Crippen molar-refractivity contribution in [2.24, 2.45) is 0 Å². The zero-order valence-electron chi connectivity index (χ0n) is 19.9. The quantitative estimate of drug-likeness (QED) is 0.316. The van der Waals surface area contributed by atoms with Crippen LogP contribution in [0.1, 0.15) is 24.2 Å². The van der Waals surface area contributed by atoms with E-state index < -0.39 is 11.6 Å². The molecule has 2 N–H and O–H groups in total. The van der Waals surface area contributed by atoms with Crippen LogP contribution < -0.4 is 24.8 Å². The van der Waals surface area contributed by atoms with Crippen molar-refractivity contribution < 1.29 is 19.0 Å². The van der Waals surface area contributed by atoms with E-state index in [1.165, 1.54) is 11.8 Å². The normalized spacial score (nSPS) is 14.9. The lowest BCUT2D eigenvalue weighted by Gasteiger charge is -2.22. The predicted molar refractivity (Wildman–Crippen MR) is 144 cm³/mol. The van der Waals surface area contributed by atoms with E-state index in [0.29, 0.717) is 17.2 Å². The van der Waals surface area contributed by atoms with Gasteiger partial charge in [-0.15, -0.1) is 11.8 Å². The van der Waals surface area contributed by atoms with Crippen molar-refractivity contribution in [1.29, 1.82) is 0 Å². The number of hydrogen-bond acceptors (Lipinski definition) is 7. The molecule has 8 heteroatoms. The molecule has 0 radical (unpaired) electrons. The van der Waals surface area contributed by atoms with E-state index >= 15 is 0 Å². The second kappa shape index (κ2) is 11.5. The van der Waals surface area contributed by atoms with Crippen LogP contribution in [-0.2, 0) is 4.79 Å². The number of carbonyl (C=O) groups excluding carboxylic acids is 1. The zero-order valence-corrected chi connectivity index (χ0v) is 21.5. The van der Waals surface area contributed by atoms with Gasteiger partial charge in [-0.3, -0.25) is 4.79 Å². The fourth-order valence-electron chi connectivity index (χ4n) is 3.68. The lowest BCUT2D eigenvalue weighted by molar-refractivity contribution is -0.128. The molecule has 3 aromatic rings. The minimum absolute atomic E-state index is 0.260. The lowest BCUT2D eigenvalue weighted by atomic mass is 10.1. The summed E-state index contributed by atoms with van der Waals surface area (Å²) in [5, 5.41) is 6.39. The number of fused-ring (bicyclic) bond motifs is 1. The van der Waals surface area contributed by atoms with Gasteiger partial charge in [0, 0.05) is 10.5 Å². The monoisotopic (exact) mass is 508 g/mol. The summed E-state index contributed by atoms with van der Waals surface area (Å²) in [6.07, 6.45) is 0.932. The van der Waals surface area contributed by atoms with Crippen molar-refractivity contribution in [3.8, 4) is 17.2 Å². The molecule has 35 heavy (non-hydrogen) atoms. The molecule has 1 amide bonds. The predicted octanol–water partition coefficient (Wildman–Crippen LogP) is 6.20. The van der Waals surface area contributed by atoms with Crippen LogP contribution in [-0.4, -0.2) is 31.4 Å². The summed E-state index contributed by atoms with van der Waals surface area (Å²) in [5.74, 6) is 2.72. The van der Waals surface area contributed by atoms with Crippen LogP contribution in [0.3, 0.4) is 0 Å². The van der Waals surface area contributed by atoms with Crippen molar-refractivity contribution in [2.45, 2.75) is 28.3 Å². The Labute approximate surface area is 214 Å². The Balaban J connectivity index is 1.56. The lowest BCUT2D eigenvalue weighted by Crippen LogP contribution is -2.40. The van der Waals surface area contributed by atoms with Crippen LogP contribution in [0.25, 0.3) is 6.08 Å². The molecule has 182 valence electrons. The molecule has 0 saturated heterocycles. The number of nitrogens with one attached hydrogen (secondary N) is 2. The maximum absolute atomic E-state index is 13.5. The van der Waals surface area contributed by atoms with Crippen LogP contribution >= 0.6 is 23.5 Å². The smallest absolute Gasteiger partial charge is 0.268 e. The van der Waals surface area contributed by atoms with E-state index in [2.05, 4.69) is 24.1 Å². The number of ether oxygens (including phenoxy) is 3. The summed E-state index contributed by atoms with van der Waals surface area (Å²) in [6.45, 7) is 5.90. The Hall–Kier alpha value is -3.23. The molecule has 6 nitrogen and oxygen atoms in total. The van der Waals surface area contributed by atoms with Gasteiger partial charge in [-0.25, -0.2) is 0 Å². The van der Waals surface area contributed by atoms with E-state index in [9.17, 15) is 4.79 Å². The van der Waals surface area contributed by atoms with Gasteiger partial charge >= 0.3 is 0 Å². The molecule has 1 heterocycles. The number of amides is 1. The van der Waals surface area contributed by atoms with Crippen molar-refractivity contribution in [3.05, 3.63) is 78.4 Å². The van der Waals surface area contributed by atoms with Gasteiger partial charge in [0.1, 0.15) is 17.2 Å². The fourth-order valence-corrected chi connectivity index (χ4v) is 5.47. The third-order valence-corrected chi connectivity index (χ3v) is 7.42. The number of benzene rings is 3. The number of anilines is 1. The van der Waals surface area contributed by atoms with E-state index in [4.69, 9.17) is 14.2 Å².